The molecule has 0 aromatic heterocycles. The van der Waals surface area contributed by atoms with Crippen LogP contribution in [0, 0.1) is 0 Å². The predicted octanol–water partition coefficient (Wildman–Crippen LogP) is 1.97. The van der Waals surface area contributed by atoms with E-state index in [1.165, 1.54) is 0 Å². The number of likely N-dealkylation sites (N-methyl/N-ethyl adjacent to an activating group) is 1. The van der Waals surface area contributed by atoms with Crippen molar-refractivity contribution in [1.82, 2.24) is 4.90 Å². The summed E-state index contributed by atoms with van der Waals surface area (Å²) in [5, 5.41) is 2.74. The van der Waals surface area contributed by atoms with E-state index in [2.05, 4.69) is 5.32 Å². The van der Waals surface area contributed by atoms with Crippen LogP contribution in [0.3, 0.4) is 0 Å². The highest BCUT2D eigenvalue weighted by atomic mass is 16.2. The molecular weight excluding hydrogens is 188 g/mol. The molecule has 15 heavy (non-hydrogen) atoms. The largest absolute Gasteiger partial charge is 0.325 e. The number of benzene rings is 1. The quantitative estimate of drug-likeness (QED) is 0.800. The van der Waals surface area contributed by atoms with E-state index in [4.69, 9.17) is 1.37 Å². The van der Waals surface area contributed by atoms with Crippen molar-refractivity contribution in [3.8, 4) is 0 Å². The standard InChI is InChI=1S/C12H18N2O/c1-3-14(4-2)10-12(15)13-11-8-6-5-7-9-11/h5-9H,3-4,10H2,1-2H3,(H,13,15)/i8D. The van der Waals surface area contributed by atoms with Crippen LogP contribution < -0.4 is 5.32 Å². The average molecular weight is 207 g/mol. The first kappa shape index (κ1) is 10.2. The van der Waals surface area contributed by atoms with E-state index in [0.29, 0.717) is 18.3 Å². The number of nitrogens with one attached hydrogen (secondary N) is 1. The SMILES string of the molecule is [2H]c1ccccc1NC(=O)CN(CC)CC. The van der Waals surface area contributed by atoms with E-state index in [1.54, 1.807) is 18.2 Å². The Labute approximate surface area is 92.5 Å². The second kappa shape index (κ2) is 6.19. The number of carbonyl (C=O) groups is 1. The van der Waals surface area contributed by atoms with Gasteiger partial charge in [-0.05, 0) is 25.2 Å². The Morgan fingerprint density at radius 3 is 2.73 bits per heavy atom. The number of rotatable bonds is 5. The fraction of sp³-hybridized carbons (Fsp3) is 0.417. The third kappa shape index (κ3) is 4.13. The van der Waals surface area contributed by atoms with E-state index < -0.39 is 0 Å². The van der Waals surface area contributed by atoms with Crippen molar-refractivity contribution >= 4 is 11.6 Å². The number of nitrogens with zero attached hydrogens (tertiary/aromatic N) is 1. The molecule has 0 unspecified atom stereocenters. The lowest BCUT2D eigenvalue weighted by molar-refractivity contribution is -0.117. The highest BCUT2D eigenvalue weighted by Crippen LogP contribution is 2.04. The summed E-state index contributed by atoms with van der Waals surface area (Å²) in [5.41, 5.74) is 0.569. The van der Waals surface area contributed by atoms with Crippen LogP contribution in [0.25, 0.3) is 0 Å². The minimum Gasteiger partial charge on any atom is -0.325 e. The molecule has 1 amide bonds. The first-order valence-electron chi connectivity index (χ1n) is 5.75. The summed E-state index contributed by atoms with van der Waals surface area (Å²) in [6.07, 6.45) is 0. The van der Waals surface area contributed by atoms with Gasteiger partial charge in [-0.3, -0.25) is 9.69 Å². The molecule has 3 nitrogen and oxygen atoms in total. The van der Waals surface area contributed by atoms with E-state index >= 15 is 0 Å². The molecule has 0 heterocycles. The topological polar surface area (TPSA) is 32.3 Å². The molecule has 0 aliphatic rings. The Morgan fingerprint density at radius 1 is 1.40 bits per heavy atom. The monoisotopic (exact) mass is 207 g/mol. The molecule has 0 aliphatic heterocycles. The second-order valence-electron chi connectivity index (χ2n) is 3.29. The molecule has 0 atom stereocenters. The molecule has 0 spiro atoms. The lowest BCUT2D eigenvalue weighted by Crippen LogP contribution is -2.32. The fourth-order valence-corrected chi connectivity index (χ4v) is 1.31. The number of hydrogen-bond donors (Lipinski definition) is 1. The summed E-state index contributed by atoms with van der Waals surface area (Å²) >= 11 is 0. The molecule has 1 N–H and O–H groups in total. The van der Waals surface area contributed by atoms with E-state index in [-0.39, 0.29) is 5.91 Å². The molecule has 0 radical (unpaired) electrons. The van der Waals surface area contributed by atoms with Gasteiger partial charge in [-0.2, -0.15) is 0 Å². The molecule has 0 fully saturated rings. The summed E-state index contributed by atoms with van der Waals surface area (Å²) in [7, 11) is 0. The van der Waals surface area contributed by atoms with Gasteiger partial charge in [0, 0.05) is 5.69 Å². The highest BCUT2D eigenvalue weighted by Gasteiger charge is 2.06. The summed E-state index contributed by atoms with van der Waals surface area (Å²) in [6.45, 7) is 6.13. The van der Waals surface area contributed by atoms with Gasteiger partial charge in [0.2, 0.25) is 5.91 Å². The first-order valence-corrected chi connectivity index (χ1v) is 5.25. The van der Waals surface area contributed by atoms with Crippen molar-refractivity contribution in [1.29, 1.82) is 0 Å². The molecule has 0 saturated carbocycles. The summed E-state index contributed by atoms with van der Waals surface area (Å²) < 4.78 is 7.61. The summed E-state index contributed by atoms with van der Waals surface area (Å²) in [4.78, 5) is 13.7. The first-order chi connectivity index (χ1) is 7.67. The van der Waals surface area contributed by atoms with Crippen LogP contribution in [-0.4, -0.2) is 30.4 Å². The van der Waals surface area contributed by atoms with Crippen LogP contribution in [0.5, 0.6) is 0 Å². The normalized spacial score (nSPS) is 11.3. The van der Waals surface area contributed by atoms with Crippen LogP contribution in [-0.2, 0) is 4.79 Å². The lowest BCUT2D eigenvalue weighted by atomic mass is 10.3. The van der Waals surface area contributed by atoms with Crippen molar-refractivity contribution in [3.05, 3.63) is 30.3 Å². The van der Waals surface area contributed by atoms with Crippen LogP contribution in [0.15, 0.2) is 30.3 Å². The molecule has 0 aliphatic carbocycles. The molecular formula is C12H18N2O. The number of carbonyl (C=O) groups excluding carboxylic acids is 1. The maximum absolute atomic E-state index is 11.7. The van der Waals surface area contributed by atoms with Gasteiger partial charge in [-0.1, -0.05) is 32.0 Å². The molecule has 3 heteroatoms. The zero-order valence-electron chi connectivity index (χ0n) is 10.3. The van der Waals surface area contributed by atoms with Gasteiger partial charge in [0.1, 0.15) is 0 Å². The Hall–Kier alpha value is -1.35. The van der Waals surface area contributed by atoms with Crippen molar-refractivity contribution < 1.29 is 6.17 Å². The molecule has 1 aromatic rings. The second-order valence-corrected chi connectivity index (χ2v) is 3.29. The van der Waals surface area contributed by atoms with E-state index in [9.17, 15) is 4.79 Å². The van der Waals surface area contributed by atoms with Crippen molar-refractivity contribution in [2.75, 3.05) is 25.0 Å². The summed E-state index contributed by atoms with van der Waals surface area (Å²) in [5.74, 6) is -0.0663. The van der Waals surface area contributed by atoms with Gasteiger partial charge in [-0.25, -0.2) is 0 Å². The van der Waals surface area contributed by atoms with Crippen molar-refractivity contribution in [2.24, 2.45) is 0 Å². The summed E-state index contributed by atoms with van der Waals surface area (Å²) in [6, 6.07) is 7.33. The van der Waals surface area contributed by atoms with Gasteiger partial charge >= 0.3 is 0 Å². The molecule has 1 aromatic carbocycles. The minimum atomic E-state index is -0.0663. The van der Waals surface area contributed by atoms with Gasteiger partial charge in [-0.15, -0.1) is 0 Å². The zero-order valence-corrected chi connectivity index (χ0v) is 9.29. The third-order valence-corrected chi connectivity index (χ3v) is 2.24. The lowest BCUT2D eigenvalue weighted by Gasteiger charge is -2.17. The number of para-hydroxylation sites is 1. The Kier molecular flexibility index (Phi) is 4.20. The smallest absolute Gasteiger partial charge is 0.238 e. The molecule has 82 valence electrons. The number of amides is 1. The predicted molar refractivity (Wildman–Crippen MR) is 62.9 cm³/mol. The third-order valence-electron chi connectivity index (χ3n) is 2.24. The fourth-order valence-electron chi connectivity index (χ4n) is 1.31. The Balaban J connectivity index is 2.55. The molecule has 0 saturated heterocycles. The maximum Gasteiger partial charge on any atom is 0.238 e. The van der Waals surface area contributed by atoms with Crippen LogP contribution in [0.4, 0.5) is 5.69 Å². The highest BCUT2D eigenvalue weighted by molar-refractivity contribution is 5.92. The minimum absolute atomic E-state index is 0.0663. The van der Waals surface area contributed by atoms with Gasteiger partial charge in [0.05, 0.1) is 7.92 Å². The van der Waals surface area contributed by atoms with Gasteiger partial charge < -0.3 is 5.32 Å². The molecule has 1 rings (SSSR count). The maximum atomic E-state index is 11.7. The average Bonchev–Trinajstić information content (AvgIpc) is 2.29. The van der Waals surface area contributed by atoms with Crippen LogP contribution >= 0.6 is 0 Å². The van der Waals surface area contributed by atoms with E-state index in [1.807, 2.05) is 24.8 Å². The van der Waals surface area contributed by atoms with Crippen molar-refractivity contribution in [3.63, 3.8) is 0 Å². The van der Waals surface area contributed by atoms with Gasteiger partial charge in [0.15, 0.2) is 0 Å². The Bertz CT molecular complexity index is 351. The number of anilines is 1. The van der Waals surface area contributed by atoms with Crippen LogP contribution in [0.2, 0.25) is 0 Å². The Morgan fingerprint density at radius 2 is 2.13 bits per heavy atom. The van der Waals surface area contributed by atoms with E-state index in [0.717, 1.165) is 13.1 Å². The van der Waals surface area contributed by atoms with Crippen molar-refractivity contribution in [2.45, 2.75) is 13.8 Å². The van der Waals surface area contributed by atoms with Crippen LogP contribution in [0.1, 0.15) is 15.2 Å². The van der Waals surface area contributed by atoms with Gasteiger partial charge in [0.25, 0.3) is 0 Å². The molecule has 0 bridgehead atoms. The number of hydrogen-bond acceptors (Lipinski definition) is 2. The zero-order chi connectivity index (χ0) is 12.0.